The number of benzene rings is 1. The molecule has 0 spiro atoms. The number of furan rings is 1. The fraction of sp³-hybridized carbons (Fsp3) is 0.333. The molecule has 0 radical (unpaired) electrons. The van der Waals surface area contributed by atoms with Crippen molar-refractivity contribution >= 4 is 27.0 Å². The third-order valence-corrected chi connectivity index (χ3v) is 6.56. The number of nitrogens with two attached hydrogens (primary N) is 1. The maximum atomic E-state index is 13.3. The van der Waals surface area contributed by atoms with Crippen molar-refractivity contribution in [3.63, 3.8) is 0 Å². The number of carbonyl (C=O) groups is 1. The van der Waals surface area contributed by atoms with Crippen LogP contribution in [0, 0.1) is 5.82 Å². The maximum Gasteiger partial charge on any atom is 0.253 e. The Kier molecular flexibility index (Phi) is 5.54. The van der Waals surface area contributed by atoms with Crippen molar-refractivity contribution in [2.24, 2.45) is 5.73 Å². The topological polar surface area (TPSA) is 127 Å². The van der Waals surface area contributed by atoms with E-state index in [0.717, 1.165) is 29.0 Å². The number of aliphatic hydroxyl groups excluding tert-OH is 1. The Bertz CT molecular complexity index is 1250. The summed E-state index contributed by atoms with van der Waals surface area (Å²) in [6, 6.07) is 7.25. The Morgan fingerprint density at radius 2 is 2.00 bits per heavy atom. The Hall–Kier alpha value is -2.82. The van der Waals surface area contributed by atoms with Crippen molar-refractivity contribution in [1.82, 2.24) is 9.29 Å². The molecule has 0 bridgehead atoms. The number of rotatable bonds is 8. The van der Waals surface area contributed by atoms with Gasteiger partial charge in [-0.15, -0.1) is 0 Å². The van der Waals surface area contributed by atoms with Gasteiger partial charge in [0.1, 0.15) is 11.6 Å². The van der Waals surface area contributed by atoms with Crippen LogP contribution < -0.4 is 5.73 Å². The molecule has 1 aliphatic carbocycles. The first-order valence-electron chi connectivity index (χ1n) is 9.77. The molecule has 0 atom stereocenters. The second-order valence-corrected chi connectivity index (χ2v) is 9.63. The number of aromatic nitrogens is 1. The van der Waals surface area contributed by atoms with E-state index < -0.39 is 21.7 Å². The van der Waals surface area contributed by atoms with E-state index in [1.54, 1.807) is 6.07 Å². The fourth-order valence-electron chi connectivity index (χ4n) is 3.64. The number of sulfonamides is 1. The minimum absolute atomic E-state index is 0.0281. The smallest absolute Gasteiger partial charge is 0.253 e. The molecule has 164 valence electrons. The molecule has 0 unspecified atom stereocenters. The van der Waals surface area contributed by atoms with Gasteiger partial charge in [0.15, 0.2) is 0 Å². The largest absolute Gasteiger partial charge is 0.437 e. The van der Waals surface area contributed by atoms with Crippen molar-refractivity contribution in [2.45, 2.75) is 25.3 Å². The summed E-state index contributed by atoms with van der Waals surface area (Å²) < 4.78 is 44.6. The number of pyridine rings is 1. The molecule has 10 heteroatoms. The molecule has 2 heterocycles. The molecule has 8 nitrogen and oxygen atoms in total. The molecule has 1 amide bonds. The molecule has 3 aromatic rings. The zero-order valence-corrected chi connectivity index (χ0v) is 17.7. The van der Waals surface area contributed by atoms with Gasteiger partial charge in [0, 0.05) is 12.1 Å². The lowest BCUT2D eigenvalue weighted by atomic mass is 10.0. The van der Waals surface area contributed by atoms with Crippen LogP contribution in [-0.2, 0) is 16.6 Å². The van der Waals surface area contributed by atoms with Crippen LogP contribution in [0.1, 0.15) is 40.4 Å². The lowest BCUT2D eigenvalue weighted by Gasteiger charge is -2.20. The van der Waals surface area contributed by atoms with E-state index in [2.05, 4.69) is 4.98 Å². The van der Waals surface area contributed by atoms with E-state index in [4.69, 9.17) is 10.2 Å². The van der Waals surface area contributed by atoms with Gasteiger partial charge in [0.25, 0.3) is 5.91 Å². The van der Waals surface area contributed by atoms with Crippen LogP contribution in [0.2, 0.25) is 0 Å². The summed E-state index contributed by atoms with van der Waals surface area (Å²) in [5.41, 5.74) is 7.73. The summed E-state index contributed by atoms with van der Waals surface area (Å²) in [6.07, 6.45) is 2.92. The highest BCUT2D eigenvalue weighted by Gasteiger charge is 2.31. The molecule has 1 fully saturated rings. The zero-order chi connectivity index (χ0) is 22.3. The highest BCUT2D eigenvalue weighted by Crippen LogP contribution is 2.44. The van der Waals surface area contributed by atoms with E-state index in [-0.39, 0.29) is 42.7 Å². The highest BCUT2D eigenvalue weighted by molar-refractivity contribution is 7.88. The monoisotopic (exact) mass is 447 g/mol. The molecule has 0 saturated heterocycles. The summed E-state index contributed by atoms with van der Waals surface area (Å²) >= 11 is 0. The number of fused-ring (bicyclic) bond motifs is 1. The fourth-order valence-corrected chi connectivity index (χ4v) is 4.41. The van der Waals surface area contributed by atoms with E-state index in [9.17, 15) is 22.7 Å². The molecule has 31 heavy (non-hydrogen) atoms. The molecular formula is C21H22FN3O5S. The highest BCUT2D eigenvalue weighted by atomic mass is 32.2. The Labute approximate surface area is 178 Å². The molecule has 2 aromatic heterocycles. The molecular weight excluding hydrogens is 425 g/mol. The number of hydrogen-bond donors (Lipinski definition) is 2. The lowest BCUT2D eigenvalue weighted by molar-refractivity contribution is 0.100. The molecule has 3 N–H and O–H groups in total. The van der Waals surface area contributed by atoms with Gasteiger partial charge >= 0.3 is 0 Å². The molecule has 0 aliphatic heterocycles. The van der Waals surface area contributed by atoms with Crippen molar-refractivity contribution in [1.29, 1.82) is 0 Å². The number of hydrogen-bond acceptors (Lipinski definition) is 6. The summed E-state index contributed by atoms with van der Waals surface area (Å²) in [7, 11) is -3.57. The predicted molar refractivity (Wildman–Crippen MR) is 112 cm³/mol. The summed E-state index contributed by atoms with van der Waals surface area (Å²) in [6.45, 7) is -0.413. The van der Waals surface area contributed by atoms with Gasteiger partial charge in [-0.2, -0.15) is 4.31 Å². The number of amides is 1. The minimum atomic E-state index is -3.57. The van der Waals surface area contributed by atoms with Gasteiger partial charge < -0.3 is 15.3 Å². The number of nitrogens with zero attached hydrogens (tertiary/aromatic N) is 2. The van der Waals surface area contributed by atoms with Crippen molar-refractivity contribution in [3.8, 4) is 11.3 Å². The van der Waals surface area contributed by atoms with Gasteiger partial charge in [-0.3, -0.25) is 4.79 Å². The van der Waals surface area contributed by atoms with Crippen LogP contribution in [0.5, 0.6) is 0 Å². The quantitative estimate of drug-likeness (QED) is 0.546. The Balaban J connectivity index is 1.88. The third-order valence-electron chi connectivity index (χ3n) is 5.31. The van der Waals surface area contributed by atoms with Gasteiger partial charge in [-0.05, 0) is 54.7 Å². The van der Waals surface area contributed by atoms with Crippen molar-refractivity contribution in [3.05, 3.63) is 53.0 Å². The Morgan fingerprint density at radius 1 is 1.32 bits per heavy atom. The van der Waals surface area contributed by atoms with Crippen LogP contribution >= 0.6 is 0 Å². The first-order valence-corrected chi connectivity index (χ1v) is 11.6. The van der Waals surface area contributed by atoms with Crippen LogP contribution in [-0.4, -0.2) is 48.1 Å². The van der Waals surface area contributed by atoms with Gasteiger partial charge in [0.2, 0.25) is 15.7 Å². The number of carbonyl (C=O) groups excluding carboxylic acids is 1. The molecule has 1 saturated carbocycles. The van der Waals surface area contributed by atoms with Crippen molar-refractivity contribution in [2.75, 3.05) is 19.4 Å². The average molecular weight is 447 g/mol. The summed E-state index contributed by atoms with van der Waals surface area (Å²) in [5.74, 6) is -0.745. The molecule has 1 aliphatic rings. The van der Waals surface area contributed by atoms with Gasteiger partial charge in [-0.1, -0.05) is 0 Å². The van der Waals surface area contributed by atoms with Crippen LogP contribution in [0.4, 0.5) is 4.39 Å². The van der Waals surface area contributed by atoms with E-state index in [0.29, 0.717) is 16.6 Å². The van der Waals surface area contributed by atoms with E-state index >= 15 is 0 Å². The van der Waals surface area contributed by atoms with Gasteiger partial charge in [-0.25, -0.2) is 17.8 Å². The lowest BCUT2D eigenvalue weighted by Crippen LogP contribution is -2.32. The second-order valence-electron chi connectivity index (χ2n) is 7.65. The summed E-state index contributed by atoms with van der Waals surface area (Å²) in [5, 5.41) is 9.70. The first kappa shape index (κ1) is 21.4. The molecule has 1 aromatic carbocycles. The first-order chi connectivity index (χ1) is 14.7. The van der Waals surface area contributed by atoms with Crippen LogP contribution in [0.15, 0.2) is 34.7 Å². The van der Waals surface area contributed by atoms with Crippen LogP contribution in [0.3, 0.4) is 0 Å². The van der Waals surface area contributed by atoms with Gasteiger partial charge in [0.05, 0.1) is 36.1 Å². The normalized spacial score (nSPS) is 14.5. The third kappa shape index (κ3) is 4.32. The maximum absolute atomic E-state index is 13.3. The van der Waals surface area contributed by atoms with E-state index in [1.165, 1.54) is 24.3 Å². The minimum Gasteiger partial charge on any atom is -0.437 e. The second kappa shape index (κ2) is 8.03. The summed E-state index contributed by atoms with van der Waals surface area (Å²) in [4.78, 5) is 16.8. The average Bonchev–Trinajstić information content (AvgIpc) is 3.47. The number of primary amides is 1. The van der Waals surface area contributed by atoms with Crippen molar-refractivity contribution < 1.29 is 27.1 Å². The SMILES string of the molecule is CS(=O)(=O)N(CCO)Cc1nc2oc(-c3ccc(F)cc3)c(C(N)=O)c2cc1C1CC1. The zero-order valence-electron chi connectivity index (χ0n) is 16.8. The standard InChI is InChI=1S/C21H22FN3O5S/c1-31(28,29)25(8-9-26)11-17-15(12-2-3-12)10-16-18(20(23)27)19(30-21(16)24-17)13-4-6-14(22)7-5-13/h4-7,10,12,26H,2-3,8-9,11H2,1H3,(H2,23,27). The van der Waals surface area contributed by atoms with Crippen LogP contribution in [0.25, 0.3) is 22.4 Å². The Morgan fingerprint density at radius 3 is 2.55 bits per heavy atom. The predicted octanol–water partition coefficient (Wildman–Crippen LogP) is 2.36. The molecule has 4 rings (SSSR count). The van der Waals surface area contributed by atoms with E-state index in [1.807, 2.05) is 0 Å². The number of aliphatic hydroxyl groups is 1. The number of halogens is 1.